The molecule has 0 aliphatic rings. The molecule has 17 heavy (non-hydrogen) atoms. The van der Waals surface area contributed by atoms with Gasteiger partial charge in [0, 0.05) is 6.54 Å². The van der Waals surface area contributed by atoms with Crippen LogP contribution in [0.2, 0.25) is 0 Å². The van der Waals surface area contributed by atoms with Gasteiger partial charge in [-0.2, -0.15) is 0 Å². The van der Waals surface area contributed by atoms with Crippen molar-refractivity contribution < 1.29 is 23.4 Å². The van der Waals surface area contributed by atoms with Crippen LogP contribution in [0, 0.1) is 0 Å². The van der Waals surface area contributed by atoms with Gasteiger partial charge < -0.3 is 15.2 Å². The summed E-state index contributed by atoms with van der Waals surface area (Å²) in [6.07, 6.45) is -2.48. The van der Waals surface area contributed by atoms with Crippen molar-refractivity contribution in [1.29, 1.82) is 0 Å². The van der Waals surface area contributed by atoms with Crippen molar-refractivity contribution in [2.75, 3.05) is 25.1 Å². The van der Waals surface area contributed by atoms with Crippen molar-refractivity contribution in [2.24, 2.45) is 0 Å². The summed E-state index contributed by atoms with van der Waals surface area (Å²) in [4.78, 5) is 14.4. The lowest BCUT2D eigenvalue weighted by molar-refractivity contribution is 0.0214. The van der Waals surface area contributed by atoms with Crippen LogP contribution in [-0.4, -0.2) is 42.2 Å². The highest BCUT2D eigenvalue weighted by Crippen LogP contribution is 2.04. The minimum Gasteiger partial charge on any atom is -0.477 e. The van der Waals surface area contributed by atoms with Gasteiger partial charge >= 0.3 is 5.97 Å². The van der Waals surface area contributed by atoms with Crippen LogP contribution in [-0.2, 0) is 4.74 Å². The number of alkyl halides is 2. The van der Waals surface area contributed by atoms with E-state index in [0.29, 0.717) is 5.82 Å². The van der Waals surface area contributed by atoms with Gasteiger partial charge in [0.25, 0.3) is 6.43 Å². The summed E-state index contributed by atoms with van der Waals surface area (Å²) in [5.41, 5.74) is -0.0801. The molecule has 0 spiro atoms. The zero-order chi connectivity index (χ0) is 12.7. The van der Waals surface area contributed by atoms with Gasteiger partial charge in [0.15, 0.2) is 5.69 Å². The number of carboxylic acid groups (broad SMARTS) is 1. The molecule has 0 bridgehead atoms. The Hall–Kier alpha value is -1.76. The molecule has 1 rings (SSSR count). The second-order valence-electron chi connectivity index (χ2n) is 3.11. The standard InChI is InChI=1S/C10H12F2N2O3/c11-8(12)6-17-5-4-13-9-3-1-2-7(14-9)10(15)16/h1-3,8H,4-6H2,(H,13,14)(H,15,16). The lowest BCUT2D eigenvalue weighted by Crippen LogP contribution is -2.14. The fourth-order valence-corrected chi connectivity index (χ4v) is 1.08. The van der Waals surface area contributed by atoms with E-state index in [4.69, 9.17) is 5.11 Å². The number of pyridine rings is 1. The van der Waals surface area contributed by atoms with Gasteiger partial charge in [-0.1, -0.05) is 6.07 Å². The summed E-state index contributed by atoms with van der Waals surface area (Å²) in [7, 11) is 0. The molecule has 0 unspecified atom stereocenters. The Kier molecular flexibility index (Phi) is 5.28. The number of hydrogen-bond acceptors (Lipinski definition) is 4. The van der Waals surface area contributed by atoms with Crippen molar-refractivity contribution in [2.45, 2.75) is 6.43 Å². The van der Waals surface area contributed by atoms with Crippen molar-refractivity contribution >= 4 is 11.8 Å². The monoisotopic (exact) mass is 246 g/mol. The van der Waals surface area contributed by atoms with Crippen LogP contribution in [0.25, 0.3) is 0 Å². The largest absolute Gasteiger partial charge is 0.477 e. The lowest BCUT2D eigenvalue weighted by Gasteiger charge is -2.06. The van der Waals surface area contributed by atoms with E-state index in [-0.39, 0.29) is 18.8 Å². The van der Waals surface area contributed by atoms with Crippen LogP contribution >= 0.6 is 0 Å². The molecule has 0 saturated carbocycles. The van der Waals surface area contributed by atoms with E-state index in [1.165, 1.54) is 6.07 Å². The van der Waals surface area contributed by atoms with E-state index >= 15 is 0 Å². The molecule has 2 N–H and O–H groups in total. The Balaban J connectivity index is 2.31. The highest BCUT2D eigenvalue weighted by atomic mass is 19.3. The molecular formula is C10H12F2N2O3. The van der Waals surface area contributed by atoms with E-state index in [2.05, 4.69) is 15.0 Å². The number of carbonyl (C=O) groups is 1. The molecule has 0 aliphatic carbocycles. The van der Waals surface area contributed by atoms with E-state index in [1.807, 2.05) is 0 Å². The third-order valence-electron chi connectivity index (χ3n) is 1.76. The number of halogens is 2. The second-order valence-corrected chi connectivity index (χ2v) is 3.11. The zero-order valence-corrected chi connectivity index (χ0v) is 8.90. The molecular weight excluding hydrogens is 234 g/mol. The van der Waals surface area contributed by atoms with Gasteiger partial charge in [0.05, 0.1) is 6.61 Å². The molecule has 7 heteroatoms. The zero-order valence-electron chi connectivity index (χ0n) is 8.90. The van der Waals surface area contributed by atoms with Crippen molar-refractivity contribution in [3.05, 3.63) is 23.9 Å². The van der Waals surface area contributed by atoms with Crippen molar-refractivity contribution in [3.63, 3.8) is 0 Å². The highest BCUT2D eigenvalue weighted by molar-refractivity contribution is 5.85. The van der Waals surface area contributed by atoms with Gasteiger partial charge in [-0.25, -0.2) is 18.6 Å². The second kappa shape index (κ2) is 6.74. The third kappa shape index (κ3) is 5.21. The fraction of sp³-hybridized carbons (Fsp3) is 0.400. The molecule has 0 fully saturated rings. The quantitative estimate of drug-likeness (QED) is 0.713. The third-order valence-corrected chi connectivity index (χ3v) is 1.76. The lowest BCUT2D eigenvalue weighted by atomic mass is 10.3. The Labute approximate surface area is 96.4 Å². The van der Waals surface area contributed by atoms with Gasteiger partial charge in [-0.3, -0.25) is 0 Å². The first-order chi connectivity index (χ1) is 8.09. The van der Waals surface area contributed by atoms with Crippen LogP contribution < -0.4 is 5.32 Å². The number of carboxylic acids is 1. The van der Waals surface area contributed by atoms with Crippen LogP contribution in [0.3, 0.4) is 0 Å². The van der Waals surface area contributed by atoms with E-state index < -0.39 is 19.0 Å². The molecule has 1 aromatic heterocycles. The Morgan fingerprint density at radius 2 is 2.29 bits per heavy atom. The van der Waals surface area contributed by atoms with Gasteiger partial charge in [-0.05, 0) is 12.1 Å². The maximum atomic E-state index is 11.7. The maximum Gasteiger partial charge on any atom is 0.354 e. The Morgan fingerprint density at radius 3 is 2.94 bits per heavy atom. The average Bonchev–Trinajstić information content (AvgIpc) is 2.28. The SMILES string of the molecule is O=C(O)c1cccc(NCCOCC(F)F)n1. The summed E-state index contributed by atoms with van der Waals surface area (Å²) >= 11 is 0. The number of aromatic nitrogens is 1. The maximum absolute atomic E-state index is 11.7. The Morgan fingerprint density at radius 1 is 1.53 bits per heavy atom. The summed E-state index contributed by atoms with van der Waals surface area (Å²) in [6.45, 7) is -0.226. The van der Waals surface area contributed by atoms with Crippen LogP contribution in [0.5, 0.6) is 0 Å². The Bertz CT molecular complexity index is 374. The number of ether oxygens (including phenoxy) is 1. The number of hydrogen-bond donors (Lipinski definition) is 2. The van der Waals surface area contributed by atoms with Crippen LogP contribution in [0.1, 0.15) is 10.5 Å². The molecule has 0 amide bonds. The van der Waals surface area contributed by atoms with E-state index in [1.54, 1.807) is 12.1 Å². The summed E-state index contributed by atoms with van der Waals surface area (Å²) in [6, 6.07) is 4.49. The first-order valence-electron chi connectivity index (χ1n) is 4.89. The first-order valence-corrected chi connectivity index (χ1v) is 4.89. The van der Waals surface area contributed by atoms with Crippen molar-refractivity contribution in [1.82, 2.24) is 4.98 Å². The highest BCUT2D eigenvalue weighted by Gasteiger charge is 2.05. The van der Waals surface area contributed by atoms with Gasteiger partial charge in [0.1, 0.15) is 12.4 Å². The summed E-state index contributed by atoms with van der Waals surface area (Å²) in [5, 5.41) is 11.5. The minimum atomic E-state index is -2.48. The molecule has 0 saturated heterocycles. The number of nitrogens with zero attached hydrogens (tertiary/aromatic N) is 1. The number of nitrogens with one attached hydrogen (secondary N) is 1. The van der Waals surface area contributed by atoms with Crippen LogP contribution in [0.4, 0.5) is 14.6 Å². The van der Waals surface area contributed by atoms with Crippen LogP contribution in [0.15, 0.2) is 18.2 Å². The van der Waals surface area contributed by atoms with E-state index in [9.17, 15) is 13.6 Å². The normalized spacial score (nSPS) is 10.5. The molecule has 0 aromatic carbocycles. The van der Waals surface area contributed by atoms with Crippen molar-refractivity contribution in [3.8, 4) is 0 Å². The van der Waals surface area contributed by atoms with Gasteiger partial charge in [0.2, 0.25) is 0 Å². The predicted octanol–water partition coefficient (Wildman–Crippen LogP) is 1.47. The molecule has 94 valence electrons. The van der Waals surface area contributed by atoms with E-state index in [0.717, 1.165) is 0 Å². The number of aromatic carboxylic acids is 1. The average molecular weight is 246 g/mol. The minimum absolute atomic E-state index is 0.0801. The predicted molar refractivity (Wildman–Crippen MR) is 56.5 cm³/mol. The van der Waals surface area contributed by atoms with Gasteiger partial charge in [-0.15, -0.1) is 0 Å². The number of anilines is 1. The summed E-state index contributed by atoms with van der Waals surface area (Å²) in [5.74, 6) is -0.756. The molecule has 1 heterocycles. The first kappa shape index (κ1) is 13.3. The molecule has 5 nitrogen and oxygen atoms in total. The molecule has 0 aliphatic heterocycles. The molecule has 1 aromatic rings. The topological polar surface area (TPSA) is 71.5 Å². The number of rotatable bonds is 7. The summed E-state index contributed by atoms with van der Waals surface area (Å²) < 4.78 is 28.0. The molecule has 0 radical (unpaired) electrons. The smallest absolute Gasteiger partial charge is 0.354 e. The molecule has 0 atom stereocenters. The fourth-order valence-electron chi connectivity index (χ4n) is 1.08.